The number of nitrogens with zero attached hydrogens (tertiary/aromatic N) is 1. The van der Waals surface area contributed by atoms with Gasteiger partial charge in [0.1, 0.15) is 0 Å². The molecular weight excluding hydrogens is 110 g/mol. The predicted molar refractivity (Wildman–Crippen MR) is 23.2 cm³/mol. The molecule has 0 radical (unpaired) electrons. The monoisotopic (exact) mass is 113 g/mol. The first-order chi connectivity index (χ1) is 3.93. The molecule has 1 heterocycles. The maximum absolute atomic E-state index is 9.56. The van der Waals surface area contributed by atoms with Crippen LogP contribution in [0.4, 0.5) is 0 Å². The second-order valence-electron chi connectivity index (χ2n) is 1.05. The molecule has 0 fully saturated rings. The third-order valence-corrected chi connectivity index (χ3v) is 0.578. The molecule has 1 rings (SSSR count). The van der Waals surface area contributed by atoms with Gasteiger partial charge >= 0.3 is 12.4 Å². The fourth-order valence-electron chi connectivity index (χ4n) is 0.312. The van der Waals surface area contributed by atoms with E-state index in [0.717, 1.165) is 0 Å². The van der Waals surface area contributed by atoms with Crippen molar-refractivity contribution in [3.63, 3.8) is 0 Å². The number of ether oxygens (including phenoxy) is 1. The number of carbonyl (C=O) groups is 1. The van der Waals surface area contributed by atoms with E-state index in [-0.39, 0.29) is 12.4 Å². The minimum absolute atomic E-state index is 0.111. The lowest BCUT2D eigenvalue weighted by Crippen LogP contribution is -1.83. The summed E-state index contributed by atoms with van der Waals surface area (Å²) in [6, 6.07) is 1.44. The van der Waals surface area contributed by atoms with Gasteiger partial charge in [0, 0.05) is 6.07 Å². The van der Waals surface area contributed by atoms with Gasteiger partial charge in [-0.05, 0) is 0 Å². The van der Waals surface area contributed by atoms with Crippen LogP contribution in [0.1, 0.15) is 0 Å². The van der Waals surface area contributed by atoms with E-state index in [4.69, 9.17) is 0 Å². The zero-order chi connectivity index (χ0) is 5.82. The molecule has 0 aliphatic rings. The number of hydrogen-bond donors (Lipinski definition) is 0. The maximum atomic E-state index is 9.56. The molecule has 0 atom stereocenters. The summed E-state index contributed by atoms with van der Waals surface area (Å²) in [7, 11) is 0. The summed E-state index contributed by atoms with van der Waals surface area (Å²) in [6.07, 6.45) is 1.39. The normalized spacial score (nSPS) is 8.50. The van der Waals surface area contributed by atoms with Gasteiger partial charge in [-0.3, -0.25) is 4.79 Å². The molecule has 0 aromatic carbocycles. The minimum atomic E-state index is 0.111. The van der Waals surface area contributed by atoms with E-state index in [0.29, 0.717) is 0 Å². The maximum Gasteiger partial charge on any atom is 0.318 e. The SMILES string of the molecule is O=COc1ccno1. The van der Waals surface area contributed by atoms with Crippen LogP contribution in [0, 0.1) is 0 Å². The van der Waals surface area contributed by atoms with Crippen LogP contribution in [0.15, 0.2) is 16.8 Å². The van der Waals surface area contributed by atoms with E-state index < -0.39 is 0 Å². The van der Waals surface area contributed by atoms with Gasteiger partial charge in [-0.15, -0.1) is 0 Å². The van der Waals surface area contributed by atoms with Crippen LogP contribution in [0.25, 0.3) is 0 Å². The number of rotatable bonds is 2. The zero-order valence-corrected chi connectivity index (χ0v) is 3.90. The molecule has 1 aromatic rings. The smallest absolute Gasteiger partial charge is 0.318 e. The van der Waals surface area contributed by atoms with E-state index in [9.17, 15) is 4.79 Å². The minimum Gasteiger partial charge on any atom is -0.393 e. The highest BCUT2D eigenvalue weighted by molar-refractivity contribution is 5.41. The largest absolute Gasteiger partial charge is 0.393 e. The predicted octanol–water partition coefficient (Wildman–Crippen LogP) is 0.210. The van der Waals surface area contributed by atoms with Gasteiger partial charge in [-0.1, -0.05) is 5.16 Å². The van der Waals surface area contributed by atoms with Crippen molar-refractivity contribution in [2.75, 3.05) is 0 Å². The van der Waals surface area contributed by atoms with Crippen LogP contribution in [-0.2, 0) is 4.79 Å². The molecule has 0 aliphatic carbocycles. The van der Waals surface area contributed by atoms with Crippen molar-refractivity contribution in [1.29, 1.82) is 0 Å². The van der Waals surface area contributed by atoms with Gasteiger partial charge in [-0.2, -0.15) is 0 Å². The molecule has 0 saturated carbocycles. The average molecular weight is 113 g/mol. The summed E-state index contributed by atoms with van der Waals surface area (Å²) in [4.78, 5) is 9.56. The second-order valence-corrected chi connectivity index (χ2v) is 1.05. The van der Waals surface area contributed by atoms with Crippen LogP contribution in [0.3, 0.4) is 0 Å². The fourth-order valence-corrected chi connectivity index (χ4v) is 0.312. The molecule has 4 nitrogen and oxygen atoms in total. The molecule has 0 amide bonds. The van der Waals surface area contributed by atoms with Crippen molar-refractivity contribution in [2.24, 2.45) is 0 Å². The van der Waals surface area contributed by atoms with Crippen molar-refractivity contribution in [3.05, 3.63) is 12.3 Å². The Kier molecular flexibility index (Phi) is 1.27. The molecule has 0 aliphatic heterocycles. The van der Waals surface area contributed by atoms with Crippen LogP contribution >= 0.6 is 0 Å². The summed E-state index contributed by atoms with van der Waals surface area (Å²) in [5.74, 6) is 0.111. The highest BCUT2D eigenvalue weighted by Gasteiger charge is 1.91. The molecule has 0 bridgehead atoms. The molecule has 0 unspecified atom stereocenters. The molecule has 8 heavy (non-hydrogen) atoms. The Bertz CT molecular complexity index is 158. The van der Waals surface area contributed by atoms with Crippen molar-refractivity contribution in [3.8, 4) is 5.95 Å². The van der Waals surface area contributed by atoms with Crippen molar-refractivity contribution < 1.29 is 14.1 Å². The molecule has 0 spiro atoms. The van der Waals surface area contributed by atoms with Gasteiger partial charge in [-0.25, -0.2) is 0 Å². The standard InChI is InChI=1S/C4H3NO3/c6-3-7-4-1-2-5-8-4/h1-3H. The Labute approximate surface area is 45.0 Å². The lowest BCUT2D eigenvalue weighted by molar-refractivity contribution is -0.121. The Morgan fingerprint density at radius 1 is 1.88 bits per heavy atom. The average Bonchev–Trinajstić information content (AvgIpc) is 2.19. The first kappa shape index (κ1) is 4.83. The van der Waals surface area contributed by atoms with Gasteiger partial charge in [0.2, 0.25) is 0 Å². The number of carbonyl (C=O) groups excluding carboxylic acids is 1. The Hall–Kier alpha value is -1.32. The van der Waals surface area contributed by atoms with Gasteiger partial charge in [0.05, 0.1) is 6.20 Å². The van der Waals surface area contributed by atoms with Crippen LogP contribution in [-0.4, -0.2) is 11.6 Å². The summed E-state index contributed by atoms with van der Waals surface area (Å²) < 4.78 is 8.61. The van der Waals surface area contributed by atoms with Crippen molar-refractivity contribution in [2.45, 2.75) is 0 Å². The third-order valence-electron chi connectivity index (χ3n) is 0.578. The van der Waals surface area contributed by atoms with Gasteiger partial charge in [0.15, 0.2) is 0 Å². The van der Waals surface area contributed by atoms with Crippen molar-refractivity contribution in [1.82, 2.24) is 5.16 Å². The third kappa shape index (κ3) is 0.841. The molecule has 0 saturated heterocycles. The highest BCUT2D eigenvalue weighted by atomic mass is 16.6. The van der Waals surface area contributed by atoms with E-state index in [2.05, 4.69) is 14.4 Å². The Morgan fingerprint density at radius 3 is 3.25 bits per heavy atom. The van der Waals surface area contributed by atoms with Crippen LogP contribution in [0.2, 0.25) is 0 Å². The number of aromatic nitrogens is 1. The molecule has 4 heteroatoms. The fraction of sp³-hybridized carbons (Fsp3) is 0. The van der Waals surface area contributed by atoms with E-state index in [1.807, 2.05) is 0 Å². The molecular formula is C4H3NO3. The van der Waals surface area contributed by atoms with Gasteiger partial charge in [0.25, 0.3) is 0 Å². The quantitative estimate of drug-likeness (QED) is 0.514. The van der Waals surface area contributed by atoms with E-state index in [1.165, 1.54) is 12.3 Å². The molecule has 0 N–H and O–H groups in total. The summed E-state index contributed by atoms with van der Waals surface area (Å²) in [6.45, 7) is 0.278. The van der Waals surface area contributed by atoms with E-state index in [1.54, 1.807) is 0 Å². The lowest BCUT2D eigenvalue weighted by Gasteiger charge is -1.81. The lowest BCUT2D eigenvalue weighted by atomic mass is 10.7. The summed E-state index contributed by atoms with van der Waals surface area (Å²) in [5, 5.41) is 3.28. The first-order valence-electron chi connectivity index (χ1n) is 1.94. The topological polar surface area (TPSA) is 52.3 Å². The summed E-state index contributed by atoms with van der Waals surface area (Å²) >= 11 is 0. The van der Waals surface area contributed by atoms with Crippen molar-refractivity contribution >= 4 is 6.47 Å². The first-order valence-corrected chi connectivity index (χ1v) is 1.94. The van der Waals surface area contributed by atoms with E-state index >= 15 is 0 Å². The highest BCUT2D eigenvalue weighted by Crippen LogP contribution is 2.04. The Morgan fingerprint density at radius 2 is 2.75 bits per heavy atom. The molecule has 42 valence electrons. The molecule has 1 aromatic heterocycles. The van der Waals surface area contributed by atoms with Gasteiger partial charge < -0.3 is 9.26 Å². The van der Waals surface area contributed by atoms with Crippen LogP contribution in [0.5, 0.6) is 5.95 Å². The second kappa shape index (κ2) is 2.11. The van der Waals surface area contributed by atoms with Crippen LogP contribution < -0.4 is 4.74 Å². The number of hydrogen-bond acceptors (Lipinski definition) is 4. The summed E-state index contributed by atoms with van der Waals surface area (Å²) in [5.41, 5.74) is 0. The Balaban J connectivity index is 2.62. The zero-order valence-electron chi connectivity index (χ0n) is 3.90.